The third-order valence-corrected chi connectivity index (χ3v) is 3.60. The quantitative estimate of drug-likeness (QED) is 0.823. The summed E-state index contributed by atoms with van der Waals surface area (Å²) in [5, 5.41) is 12.8. The van der Waals surface area contributed by atoms with Gasteiger partial charge in [0.05, 0.1) is 11.3 Å². The summed E-state index contributed by atoms with van der Waals surface area (Å²) in [7, 11) is 0. The fourth-order valence-electron chi connectivity index (χ4n) is 2.55. The molecule has 1 aliphatic heterocycles. The minimum atomic E-state index is 0.0767. The summed E-state index contributed by atoms with van der Waals surface area (Å²) in [6.45, 7) is 8.61. The highest BCUT2D eigenvalue weighted by molar-refractivity contribution is 5.60. The summed E-state index contributed by atoms with van der Waals surface area (Å²) in [6, 6.07) is 10.6. The van der Waals surface area contributed by atoms with Crippen molar-refractivity contribution in [1.82, 2.24) is 5.32 Å². The Kier molecular flexibility index (Phi) is 3.58. The number of anilines is 1. The van der Waals surface area contributed by atoms with Gasteiger partial charge in [-0.1, -0.05) is 12.1 Å². The van der Waals surface area contributed by atoms with Gasteiger partial charge >= 0.3 is 0 Å². The number of benzene rings is 1. The molecule has 96 valence electrons. The van der Waals surface area contributed by atoms with E-state index in [0.717, 1.165) is 30.8 Å². The summed E-state index contributed by atoms with van der Waals surface area (Å²) in [6.07, 6.45) is 1.10. The zero-order valence-corrected chi connectivity index (χ0v) is 11.4. The molecule has 1 aromatic rings. The Balaban J connectivity index is 2.37. The van der Waals surface area contributed by atoms with E-state index < -0.39 is 0 Å². The Bertz CT molecular complexity index is 459. The molecule has 1 N–H and O–H groups in total. The molecule has 0 bridgehead atoms. The van der Waals surface area contributed by atoms with Gasteiger partial charge in [0, 0.05) is 18.1 Å². The number of rotatable bonds is 1. The molecule has 1 aliphatic rings. The highest BCUT2D eigenvalue weighted by atomic mass is 15.2. The predicted molar refractivity (Wildman–Crippen MR) is 74.7 cm³/mol. The first-order valence-electron chi connectivity index (χ1n) is 6.54. The van der Waals surface area contributed by atoms with E-state index in [1.54, 1.807) is 0 Å². The molecule has 0 radical (unpaired) electrons. The molecular formula is C15H21N3. The summed E-state index contributed by atoms with van der Waals surface area (Å²) in [5.74, 6) is 0. The van der Waals surface area contributed by atoms with Gasteiger partial charge in [-0.25, -0.2) is 0 Å². The Morgan fingerprint density at radius 3 is 2.83 bits per heavy atom. The molecule has 0 aromatic heterocycles. The second kappa shape index (κ2) is 4.99. The molecule has 1 aromatic carbocycles. The zero-order valence-electron chi connectivity index (χ0n) is 11.4. The van der Waals surface area contributed by atoms with Crippen molar-refractivity contribution in [2.75, 3.05) is 18.0 Å². The van der Waals surface area contributed by atoms with Crippen molar-refractivity contribution in [2.45, 2.75) is 38.8 Å². The van der Waals surface area contributed by atoms with Gasteiger partial charge in [-0.05, 0) is 45.9 Å². The molecule has 3 nitrogen and oxygen atoms in total. The van der Waals surface area contributed by atoms with Gasteiger partial charge in [0.15, 0.2) is 0 Å². The largest absolute Gasteiger partial charge is 0.366 e. The maximum absolute atomic E-state index is 9.24. The van der Waals surface area contributed by atoms with Gasteiger partial charge < -0.3 is 10.2 Å². The fraction of sp³-hybridized carbons (Fsp3) is 0.533. The predicted octanol–water partition coefficient (Wildman–Crippen LogP) is 2.53. The number of para-hydroxylation sites is 1. The first kappa shape index (κ1) is 12.9. The van der Waals surface area contributed by atoms with E-state index in [-0.39, 0.29) is 5.54 Å². The minimum absolute atomic E-state index is 0.0767. The van der Waals surface area contributed by atoms with Gasteiger partial charge in [0.25, 0.3) is 0 Å². The van der Waals surface area contributed by atoms with E-state index in [1.807, 2.05) is 18.2 Å². The van der Waals surface area contributed by atoms with Gasteiger partial charge in [-0.15, -0.1) is 0 Å². The third kappa shape index (κ3) is 2.65. The lowest BCUT2D eigenvalue weighted by molar-refractivity contribution is 0.415. The number of nitriles is 1. The van der Waals surface area contributed by atoms with Crippen LogP contribution < -0.4 is 10.2 Å². The first-order chi connectivity index (χ1) is 8.53. The fourth-order valence-corrected chi connectivity index (χ4v) is 2.55. The number of hydrogen-bond donors (Lipinski definition) is 1. The highest BCUT2D eigenvalue weighted by Crippen LogP contribution is 2.26. The van der Waals surface area contributed by atoms with Gasteiger partial charge in [0.2, 0.25) is 0 Å². The van der Waals surface area contributed by atoms with Crippen molar-refractivity contribution >= 4 is 5.69 Å². The first-order valence-corrected chi connectivity index (χ1v) is 6.54. The maximum atomic E-state index is 9.24. The number of hydrogen-bond acceptors (Lipinski definition) is 3. The molecule has 18 heavy (non-hydrogen) atoms. The third-order valence-electron chi connectivity index (χ3n) is 3.60. The monoisotopic (exact) mass is 243 g/mol. The Morgan fingerprint density at radius 2 is 2.11 bits per heavy atom. The van der Waals surface area contributed by atoms with Crippen LogP contribution in [-0.4, -0.2) is 24.7 Å². The van der Waals surface area contributed by atoms with E-state index in [0.29, 0.717) is 6.04 Å². The van der Waals surface area contributed by atoms with E-state index in [2.05, 4.69) is 43.1 Å². The van der Waals surface area contributed by atoms with Crippen LogP contribution in [0.3, 0.4) is 0 Å². The lowest BCUT2D eigenvalue weighted by Crippen LogP contribution is -2.47. The SMILES string of the molecule is CC1CCNC(C)(C)CN1c1ccccc1C#N. The van der Waals surface area contributed by atoms with Crippen LogP contribution in [-0.2, 0) is 0 Å². The Hall–Kier alpha value is -1.53. The van der Waals surface area contributed by atoms with Crippen LogP contribution in [0.2, 0.25) is 0 Å². The number of nitrogens with one attached hydrogen (secondary N) is 1. The lowest BCUT2D eigenvalue weighted by atomic mass is 10.0. The molecule has 1 unspecified atom stereocenters. The summed E-state index contributed by atoms with van der Waals surface area (Å²) in [4.78, 5) is 2.36. The van der Waals surface area contributed by atoms with Crippen LogP contribution in [0, 0.1) is 11.3 Å². The van der Waals surface area contributed by atoms with Gasteiger partial charge in [0.1, 0.15) is 6.07 Å². The molecule has 1 fully saturated rings. The van der Waals surface area contributed by atoms with Crippen molar-refractivity contribution in [1.29, 1.82) is 5.26 Å². The zero-order chi connectivity index (χ0) is 13.2. The molecular weight excluding hydrogens is 222 g/mol. The van der Waals surface area contributed by atoms with Gasteiger partial charge in [-0.3, -0.25) is 0 Å². The summed E-state index contributed by atoms with van der Waals surface area (Å²) >= 11 is 0. The molecule has 0 spiro atoms. The molecule has 0 saturated carbocycles. The average Bonchev–Trinajstić information content (AvgIpc) is 2.48. The summed E-state index contributed by atoms with van der Waals surface area (Å²) < 4.78 is 0. The molecule has 1 atom stereocenters. The van der Waals surface area contributed by atoms with Crippen molar-refractivity contribution in [2.24, 2.45) is 0 Å². The standard InChI is InChI=1S/C15H21N3/c1-12-8-9-17-15(2,3)11-18(12)14-7-5-4-6-13(14)10-16/h4-7,12,17H,8-9,11H2,1-3H3. The maximum Gasteiger partial charge on any atom is 0.101 e. The van der Waals surface area contributed by atoms with Crippen LogP contribution in [0.4, 0.5) is 5.69 Å². The lowest BCUT2D eigenvalue weighted by Gasteiger charge is -2.35. The van der Waals surface area contributed by atoms with Gasteiger partial charge in [-0.2, -0.15) is 5.26 Å². The van der Waals surface area contributed by atoms with Crippen molar-refractivity contribution in [3.05, 3.63) is 29.8 Å². The molecule has 1 heterocycles. The molecule has 0 amide bonds. The van der Waals surface area contributed by atoms with Crippen molar-refractivity contribution < 1.29 is 0 Å². The van der Waals surface area contributed by atoms with Crippen LogP contribution in [0.1, 0.15) is 32.8 Å². The normalized spacial score (nSPS) is 23.2. The van der Waals surface area contributed by atoms with E-state index >= 15 is 0 Å². The molecule has 2 rings (SSSR count). The van der Waals surface area contributed by atoms with E-state index in [9.17, 15) is 5.26 Å². The second-order valence-corrected chi connectivity index (χ2v) is 5.71. The smallest absolute Gasteiger partial charge is 0.101 e. The second-order valence-electron chi connectivity index (χ2n) is 5.71. The topological polar surface area (TPSA) is 39.1 Å². The van der Waals surface area contributed by atoms with Crippen LogP contribution in [0.5, 0.6) is 0 Å². The number of nitrogens with zero attached hydrogens (tertiary/aromatic N) is 2. The summed E-state index contributed by atoms with van der Waals surface area (Å²) in [5.41, 5.74) is 1.90. The van der Waals surface area contributed by atoms with Crippen LogP contribution >= 0.6 is 0 Å². The highest BCUT2D eigenvalue weighted by Gasteiger charge is 2.28. The van der Waals surface area contributed by atoms with E-state index in [1.165, 1.54) is 0 Å². The molecule has 1 saturated heterocycles. The van der Waals surface area contributed by atoms with E-state index in [4.69, 9.17) is 0 Å². The minimum Gasteiger partial charge on any atom is -0.366 e. The van der Waals surface area contributed by atoms with Crippen molar-refractivity contribution in [3.63, 3.8) is 0 Å². The van der Waals surface area contributed by atoms with Crippen molar-refractivity contribution in [3.8, 4) is 6.07 Å². The Labute approximate surface area is 109 Å². The average molecular weight is 243 g/mol. The molecule has 3 heteroatoms. The van der Waals surface area contributed by atoms with Crippen LogP contribution in [0.15, 0.2) is 24.3 Å². The molecule has 0 aliphatic carbocycles. The van der Waals surface area contributed by atoms with Crippen LogP contribution in [0.25, 0.3) is 0 Å². The Morgan fingerprint density at radius 1 is 1.39 bits per heavy atom.